The van der Waals surface area contributed by atoms with E-state index in [1.165, 1.54) is 0 Å². The molecule has 0 radical (unpaired) electrons. The van der Waals surface area contributed by atoms with Crippen LogP contribution in [0.5, 0.6) is 0 Å². The van der Waals surface area contributed by atoms with Crippen molar-refractivity contribution in [3.8, 4) is 0 Å². The maximum atomic E-state index is 11.7. The van der Waals surface area contributed by atoms with Gasteiger partial charge in [0.25, 0.3) is 0 Å². The van der Waals surface area contributed by atoms with E-state index in [4.69, 9.17) is 0 Å². The van der Waals surface area contributed by atoms with E-state index in [1.54, 1.807) is 6.20 Å². The quantitative estimate of drug-likeness (QED) is 0.813. The van der Waals surface area contributed by atoms with E-state index >= 15 is 0 Å². The summed E-state index contributed by atoms with van der Waals surface area (Å²) in [6, 6.07) is -0.0385. The molecule has 1 aromatic rings. The van der Waals surface area contributed by atoms with Gasteiger partial charge in [0.15, 0.2) is 15.7 Å². The molecule has 2 aliphatic rings. The number of anilines is 2. The number of rotatable bonds is 4. The van der Waals surface area contributed by atoms with Crippen LogP contribution in [-0.2, 0) is 9.84 Å². The summed E-state index contributed by atoms with van der Waals surface area (Å²) < 4.78 is 23.5. The molecule has 2 saturated heterocycles. The van der Waals surface area contributed by atoms with Crippen LogP contribution in [0.1, 0.15) is 33.1 Å². The Hall–Kier alpha value is -1.44. The number of hydrogen-bond acceptors (Lipinski definition) is 7. The topological polar surface area (TPSA) is 79.3 Å². The van der Waals surface area contributed by atoms with Gasteiger partial charge in [0.05, 0.1) is 17.7 Å². The standard InChI is InChI=1S/C15H25N5O2S/c1-3-20(13-6-9-23(21,22)11-13)15-17-14(10-16-18-15)19-7-4-12(2)5-8-19/h10,12-13H,3-9,11H2,1-2H3. The van der Waals surface area contributed by atoms with E-state index in [1.807, 2.05) is 11.8 Å². The first-order valence-electron chi connectivity index (χ1n) is 8.40. The van der Waals surface area contributed by atoms with Gasteiger partial charge in [0.1, 0.15) is 0 Å². The summed E-state index contributed by atoms with van der Waals surface area (Å²) in [6.45, 7) is 6.94. The third-order valence-electron chi connectivity index (χ3n) is 4.89. The normalized spacial score (nSPS) is 24.8. The summed E-state index contributed by atoms with van der Waals surface area (Å²) in [6.07, 6.45) is 4.68. The van der Waals surface area contributed by atoms with Crippen LogP contribution in [0.2, 0.25) is 0 Å². The molecule has 1 unspecified atom stereocenters. The lowest BCUT2D eigenvalue weighted by molar-refractivity contribution is 0.436. The number of nitrogens with zero attached hydrogens (tertiary/aromatic N) is 5. The summed E-state index contributed by atoms with van der Waals surface area (Å²) in [4.78, 5) is 8.90. The average Bonchev–Trinajstić information content (AvgIpc) is 2.89. The van der Waals surface area contributed by atoms with E-state index < -0.39 is 9.84 Å². The molecule has 0 aromatic carbocycles. The van der Waals surface area contributed by atoms with Gasteiger partial charge in [-0.25, -0.2) is 8.42 Å². The molecule has 128 valence electrons. The third-order valence-corrected chi connectivity index (χ3v) is 6.64. The molecule has 23 heavy (non-hydrogen) atoms. The van der Waals surface area contributed by atoms with E-state index in [2.05, 4.69) is 27.0 Å². The number of piperidine rings is 1. The molecular formula is C15H25N5O2S. The summed E-state index contributed by atoms with van der Waals surface area (Å²) in [5, 5.41) is 8.27. The molecule has 0 bridgehead atoms. The summed E-state index contributed by atoms with van der Waals surface area (Å²) in [5.74, 6) is 2.60. The highest BCUT2D eigenvalue weighted by molar-refractivity contribution is 7.91. The SMILES string of the molecule is CCN(c1nncc(N2CCC(C)CC2)n1)C1CCS(=O)(=O)C1. The van der Waals surface area contributed by atoms with Gasteiger partial charge in [-0.15, -0.1) is 5.10 Å². The first-order chi connectivity index (χ1) is 11.0. The highest BCUT2D eigenvalue weighted by Gasteiger charge is 2.33. The van der Waals surface area contributed by atoms with Gasteiger partial charge in [-0.1, -0.05) is 6.92 Å². The Morgan fingerprint density at radius 3 is 2.65 bits per heavy atom. The van der Waals surface area contributed by atoms with Crippen molar-refractivity contribution in [3.05, 3.63) is 6.20 Å². The highest BCUT2D eigenvalue weighted by atomic mass is 32.2. The molecule has 3 rings (SSSR count). The third kappa shape index (κ3) is 3.73. The Morgan fingerprint density at radius 2 is 2.04 bits per heavy atom. The number of aromatic nitrogens is 3. The van der Waals surface area contributed by atoms with Crippen LogP contribution >= 0.6 is 0 Å². The number of hydrogen-bond donors (Lipinski definition) is 0. The van der Waals surface area contributed by atoms with Gasteiger partial charge in [0, 0.05) is 25.7 Å². The molecule has 7 nitrogen and oxygen atoms in total. The van der Waals surface area contributed by atoms with Crippen LogP contribution in [-0.4, -0.2) is 60.8 Å². The maximum absolute atomic E-state index is 11.7. The van der Waals surface area contributed by atoms with Gasteiger partial charge < -0.3 is 9.80 Å². The average molecular weight is 339 g/mol. The molecule has 1 aromatic heterocycles. The summed E-state index contributed by atoms with van der Waals surface area (Å²) >= 11 is 0. The van der Waals surface area contributed by atoms with Gasteiger partial charge in [-0.2, -0.15) is 10.1 Å². The largest absolute Gasteiger partial charge is 0.355 e. The fourth-order valence-corrected chi connectivity index (χ4v) is 5.11. The van der Waals surface area contributed by atoms with Gasteiger partial charge >= 0.3 is 0 Å². The Balaban J connectivity index is 1.78. The van der Waals surface area contributed by atoms with Gasteiger partial charge in [0.2, 0.25) is 5.95 Å². The molecule has 0 N–H and O–H groups in total. The van der Waals surface area contributed by atoms with Crippen molar-refractivity contribution in [2.45, 2.75) is 39.2 Å². The van der Waals surface area contributed by atoms with E-state index in [0.717, 1.165) is 37.7 Å². The molecule has 2 fully saturated rings. The molecular weight excluding hydrogens is 314 g/mol. The second-order valence-corrected chi connectivity index (χ2v) is 8.86. The molecule has 0 aliphatic carbocycles. The summed E-state index contributed by atoms with van der Waals surface area (Å²) in [7, 11) is -2.92. The van der Waals surface area contributed by atoms with Crippen LogP contribution in [0, 0.1) is 5.92 Å². The minimum atomic E-state index is -2.92. The van der Waals surface area contributed by atoms with Crippen molar-refractivity contribution in [3.63, 3.8) is 0 Å². The van der Waals surface area contributed by atoms with Gasteiger partial charge in [-0.05, 0) is 32.1 Å². The maximum Gasteiger partial charge on any atom is 0.247 e. The molecule has 0 amide bonds. The molecule has 1 atom stereocenters. The van der Waals surface area contributed by atoms with Crippen molar-refractivity contribution in [1.29, 1.82) is 0 Å². The zero-order chi connectivity index (χ0) is 16.4. The van der Waals surface area contributed by atoms with Crippen molar-refractivity contribution in [1.82, 2.24) is 15.2 Å². The Morgan fingerprint density at radius 1 is 1.30 bits per heavy atom. The zero-order valence-electron chi connectivity index (χ0n) is 13.8. The van der Waals surface area contributed by atoms with Crippen LogP contribution in [0.25, 0.3) is 0 Å². The Kier molecular flexibility index (Phi) is 4.70. The number of sulfone groups is 1. The van der Waals surface area contributed by atoms with Crippen LogP contribution in [0.4, 0.5) is 11.8 Å². The van der Waals surface area contributed by atoms with Gasteiger partial charge in [-0.3, -0.25) is 0 Å². The molecule has 3 heterocycles. The molecule has 2 aliphatic heterocycles. The lowest BCUT2D eigenvalue weighted by Gasteiger charge is -2.32. The predicted octanol–water partition coefficient (Wildman–Crippen LogP) is 1.12. The predicted molar refractivity (Wildman–Crippen MR) is 90.5 cm³/mol. The molecule has 8 heteroatoms. The minimum Gasteiger partial charge on any atom is -0.355 e. The fourth-order valence-electron chi connectivity index (χ4n) is 3.38. The monoisotopic (exact) mass is 339 g/mol. The Bertz CT molecular complexity index is 643. The second kappa shape index (κ2) is 6.59. The van der Waals surface area contributed by atoms with Crippen LogP contribution in [0.3, 0.4) is 0 Å². The Labute approximate surface area is 138 Å². The fraction of sp³-hybridized carbons (Fsp3) is 0.800. The van der Waals surface area contributed by atoms with E-state index in [9.17, 15) is 8.42 Å². The second-order valence-electron chi connectivity index (χ2n) is 6.63. The van der Waals surface area contributed by atoms with E-state index in [-0.39, 0.29) is 17.5 Å². The van der Waals surface area contributed by atoms with Crippen LogP contribution < -0.4 is 9.80 Å². The lowest BCUT2D eigenvalue weighted by Crippen LogP contribution is -2.38. The van der Waals surface area contributed by atoms with Crippen molar-refractivity contribution < 1.29 is 8.42 Å². The van der Waals surface area contributed by atoms with Crippen LogP contribution in [0.15, 0.2) is 6.20 Å². The minimum absolute atomic E-state index is 0.0385. The smallest absolute Gasteiger partial charge is 0.247 e. The first-order valence-corrected chi connectivity index (χ1v) is 10.2. The summed E-state index contributed by atoms with van der Waals surface area (Å²) in [5.41, 5.74) is 0. The molecule has 0 spiro atoms. The van der Waals surface area contributed by atoms with Crippen molar-refractivity contribution in [2.75, 3.05) is 40.9 Å². The van der Waals surface area contributed by atoms with E-state index in [0.29, 0.717) is 18.9 Å². The van der Waals surface area contributed by atoms with Crippen molar-refractivity contribution in [2.24, 2.45) is 5.92 Å². The first kappa shape index (κ1) is 16.4. The zero-order valence-corrected chi connectivity index (χ0v) is 14.7. The lowest BCUT2D eigenvalue weighted by atomic mass is 9.99. The molecule has 0 saturated carbocycles. The van der Waals surface area contributed by atoms with Crippen molar-refractivity contribution >= 4 is 21.6 Å². The highest BCUT2D eigenvalue weighted by Crippen LogP contribution is 2.24.